The Balaban J connectivity index is 1.99. The third-order valence-corrected chi connectivity index (χ3v) is 5.13. The largest absolute Gasteiger partial charge is 0.381 e. The lowest BCUT2D eigenvalue weighted by molar-refractivity contribution is 0.186. The van der Waals surface area contributed by atoms with Gasteiger partial charge >= 0.3 is 0 Å². The van der Waals surface area contributed by atoms with E-state index in [-0.39, 0.29) is 6.04 Å². The number of aliphatic imine (C=N–C) groups is 1. The van der Waals surface area contributed by atoms with Gasteiger partial charge in [0, 0.05) is 37.7 Å². The van der Waals surface area contributed by atoms with Crippen molar-refractivity contribution in [2.45, 2.75) is 26.3 Å². The first-order chi connectivity index (χ1) is 12.2. The third-order valence-electron chi connectivity index (χ3n) is 4.79. The minimum Gasteiger partial charge on any atom is -0.381 e. The fourth-order valence-electron chi connectivity index (χ4n) is 3.24. The average Bonchev–Trinajstić information content (AvgIpc) is 3.15. The van der Waals surface area contributed by atoms with Crippen LogP contribution in [0.1, 0.15) is 31.9 Å². The lowest BCUT2D eigenvalue weighted by Crippen LogP contribution is -2.44. The summed E-state index contributed by atoms with van der Waals surface area (Å²) in [5, 5.41) is 7.69. The lowest BCUT2D eigenvalue weighted by Gasteiger charge is -2.31. The Hall–Kier alpha value is -1.30. The third kappa shape index (κ3) is 5.87. The topological polar surface area (TPSA) is 48.9 Å². The molecule has 0 bridgehead atoms. The van der Waals surface area contributed by atoms with Crippen molar-refractivity contribution in [1.29, 1.82) is 0 Å². The van der Waals surface area contributed by atoms with E-state index in [1.54, 1.807) is 0 Å². The van der Waals surface area contributed by atoms with Crippen LogP contribution in [0.25, 0.3) is 0 Å². The molecule has 0 amide bonds. The number of nitrogens with zero attached hydrogens (tertiary/aromatic N) is 2. The zero-order valence-electron chi connectivity index (χ0n) is 15.6. The van der Waals surface area contributed by atoms with E-state index >= 15 is 0 Å². The van der Waals surface area contributed by atoms with Crippen LogP contribution in [0.15, 0.2) is 29.3 Å². The molecule has 1 aromatic rings. The Morgan fingerprint density at radius 3 is 2.68 bits per heavy atom. The molecular weight excluding hydrogens is 336 g/mol. The number of rotatable bonds is 8. The van der Waals surface area contributed by atoms with Gasteiger partial charge in [-0.2, -0.15) is 0 Å². The monoisotopic (exact) mass is 366 g/mol. The van der Waals surface area contributed by atoms with Gasteiger partial charge in [0.05, 0.1) is 12.6 Å². The summed E-state index contributed by atoms with van der Waals surface area (Å²) in [5.74, 6) is 1.40. The highest BCUT2D eigenvalue weighted by atomic mass is 35.5. The zero-order chi connectivity index (χ0) is 18.1. The Morgan fingerprint density at radius 1 is 1.32 bits per heavy atom. The van der Waals surface area contributed by atoms with Gasteiger partial charge in [-0.05, 0) is 31.1 Å². The number of hydrogen-bond acceptors (Lipinski definition) is 3. The van der Waals surface area contributed by atoms with Crippen molar-refractivity contribution in [1.82, 2.24) is 15.5 Å². The molecule has 2 rings (SSSR count). The van der Waals surface area contributed by atoms with E-state index in [0.29, 0.717) is 5.92 Å². The quantitative estimate of drug-likeness (QED) is 0.548. The van der Waals surface area contributed by atoms with Crippen molar-refractivity contribution >= 4 is 17.6 Å². The molecule has 2 atom stereocenters. The number of likely N-dealkylation sites (N-methyl/N-ethyl adjacent to an activating group) is 1. The van der Waals surface area contributed by atoms with Crippen LogP contribution in [0, 0.1) is 5.92 Å². The zero-order valence-corrected chi connectivity index (χ0v) is 16.4. The maximum atomic E-state index is 6.46. The Labute approximate surface area is 156 Å². The van der Waals surface area contributed by atoms with E-state index in [4.69, 9.17) is 16.3 Å². The summed E-state index contributed by atoms with van der Waals surface area (Å²) in [7, 11) is 1.81. The second-order valence-corrected chi connectivity index (χ2v) is 6.73. The number of benzene rings is 1. The second-order valence-electron chi connectivity index (χ2n) is 6.32. The molecule has 1 aromatic carbocycles. The van der Waals surface area contributed by atoms with Crippen LogP contribution in [0.2, 0.25) is 5.02 Å². The standard InChI is InChI=1S/C19H31ClN4O/c1-4-24(5-2)18(16-8-6-7-9-17(16)20)13-23-19(21-3)22-12-15-10-11-25-14-15/h6-9,15,18H,4-5,10-14H2,1-3H3,(H2,21,22,23). The molecule has 1 heterocycles. The van der Waals surface area contributed by atoms with Gasteiger partial charge in [-0.1, -0.05) is 43.6 Å². The first kappa shape index (κ1) is 20.0. The smallest absolute Gasteiger partial charge is 0.191 e. The van der Waals surface area contributed by atoms with Gasteiger partial charge < -0.3 is 15.4 Å². The predicted molar refractivity (Wildman–Crippen MR) is 105 cm³/mol. The number of nitrogens with one attached hydrogen (secondary N) is 2. The number of hydrogen-bond donors (Lipinski definition) is 2. The second kappa shape index (κ2) is 10.6. The lowest BCUT2D eigenvalue weighted by atomic mass is 10.0. The summed E-state index contributed by atoms with van der Waals surface area (Å²) in [6.07, 6.45) is 1.12. The fourth-order valence-corrected chi connectivity index (χ4v) is 3.51. The van der Waals surface area contributed by atoms with Crippen LogP contribution < -0.4 is 10.6 Å². The first-order valence-electron chi connectivity index (χ1n) is 9.20. The molecule has 25 heavy (non-hydrogen) atoms. The van der Waals surface area contributed by atoms with Crippen LogP contribution in [0.4, 0.5) is 0 Å². The minimum atomic E-state index is 0.206. The Kier molecular flexibility index (Phi) is 8.52. The van der Waals surface area contributed by atoms with Gasteiger partial charge in [0.2, 0.25) is 0 Å². The van der Waals surface area contributed by atoms with Gasteiger partial charge in [0.15, 0.2) is 5.96 Å². The van der Waals surface area contributed by atoms with E-state index in [9.17, 15) is 0 Å². The molecule has 0 spiro atoms. The van der Waals surface area contributed by atoms with Crippen LogP contribution in [-0.4, -0.2) is 57.3 Å². The Morgan fingerprint density at radius 2 is 2.08 bits per heavy atom. The number of guanidine groups is 1. The van der Waals surface area contributed by atoms with E-state index in [0.717, 1.165) is 62.4 Å². The van der Waals surface area contributed by atoms with Gasteiger partial charge in [0.25, 0.3) is 0 Å². The SMILES string of the molecule is CCN(CC)C(CNC(=NC)NCC1CCOC1)c1ccccc1Cl. The molecule has 140 valence electrons. The highest BCUT2D eigenvalue weighted by Gasteiger charge is 2.21. The molecule has 0 saturated carbocycles. The molecule has 0 aliphatic carbocycles. The van der Waals surface area contributed by atoms with Crippen molar-refractivity contribution in [3.63, 3.8) is 0 Å². The van der Waals surface area contributed by atoms with E-state index in [1.807, 2.05) is 25.2 Å². The Bertz CT molecular complexity index is 542. The maximum absolute atomic E-state index is 6.46. The van der Waals surface area contributed by atoms with Gasteiger partial charge in [-0.15, -0.1) is 0 Å². The van der Waals surface area contributed by atoms with E-state index in [2.05, 4.69) is 40.4 Å². The van der Waals surface area contributed by atoms with Crippen molar-refractivity contribution < 1.29 is 4.74 Å². The first-order valence-corrected chi connectivity index (χ1v) is 9.58. The van der Waals surface area contributed by atoms with Crippen LogP contribution >= 0.6 is 11.6 Å². The van der Waals surface area contributed by atoms with Crippen molar-refractivity contribution in [2.75, 3.05) is 46.4 Å². The molecule has 1 saturated heterocycles. The molecule has 1 aliphatic heterocycles. The number of ether oxygens (including phenoxy) is 1. The van der Waals surface area contributed by atoms with Crippen molar-refractivity contribution in [3.8, 4) is 0 Å². The molecule has 2 N–H and O–H groups in total. The summed E-state index contributed by atoms with van der Waals surface area (Å²) < 4.78 is 5.43. The summed E-state index contributed by atoms with van der Waals surface area (Å²) in [6, 6.07) is 8.30. The van der Waals surface area contributed by atoms with Gasteiger partial charge in [-0.25, -0.2) is 0 Å². The highest BCUT2D eigenvalue weighted by Crippen LogP contribution is 2.26. The maximum Gasteiger partial charge on any atom is 0.191 e. The molecule has 2 unspecified atom stereocenters. The molecule has 6 heteroatoms. The normalized spacial score (nSPS) is 19.2. The summed E-state index contributed by atoms with van der Waals surface area (Å²) in [6.45, 7) is 9.66. The number of halogens is 1. The molecule has 5 nitrogen and oxygen atoms in total. The summed E-state index contributed by atoms with van der Waals surface area (Å²) in [5.41, 5.74) is 1.15. The fraction of sp³-hybridized carbons (Fsp3) is 0.632. The van der Waals surface area contributed by atoms with Crippen molar-refractivity contribution in [3.05, 3.63) is 34.9 Å². The summed E-state index contributed by atoms with van der Waals surface area (Å²) in [4.78, 5) is 6.76. The van der Waals surface area contributed by atoms with Crippen LogP contribution in [0.3, 0.4) is 0 Å². The average molecular weight is 367 g/mol. The van der Waals surface area contributed by atoms with Gasteiger partial charge in [-0.3, -0.25) is 9.89 Å². The van der Waals surface area contributed by atoms with Crippen molar-refractivity contribution in [2.24, 2.45) is 10.9 Å². The summed E-state index contributed by atoms with van der Waals surface area (Å²) >= 11 is 6.46. The van der Waals surface area contributed by atoms with Gasteiger partial charge in [0.1, 0.15) is 0 Å². The molecule has 1 aliphatic rings. The van der Waals surface area contributed by atoms with E-state index in [1.165, 1.54) is 0 Å². The highest BCUT2D eigenvalue weighted by molar-refractivity contribution is 6.31. The molecule has 0 aromatic heterocycles. The van der Waals surface area contributed by atoms with E-state index < -0.39 is 0 Å². The minimum absolute atomic E-state index is 0.206. The predicted octanol–water partition coefficient (Wildman–Crippen LogP) is 2.92. The molecular formula is C19H31ClN4O. The van der Waals surface area contributed by atoms with Crippen LogP contribution in [-0.2, 0) is 4.74 Å². The molecule has 0 radical (unpaired) electrons. The van der Waals surface area contributed by atoms with Crippen LogP contribution in [0.5, 0.6) is 0 Å². The molecule has 1 fully saturated rings.